The van der Waals surface area contributed by atoms with Crippen LogP contribution in [0.2, 0.25) is 0 Å². The SMILES string of the molecule is CCNC(=O)NCCN1CCC(Cc2nc3ccccc3n2Cc2ccc(F)cc2)CC1. The summed E-state index contributed by atoms with van der Waals surface area (Å²) in [5, 5.41) is 5.66. The van der Waals surface area contributed by atoms with Crippen LogP contribution in [-0.2, 0) is 13.0 Å². The fourth-order valence-corrected chi connectivity index (χ4v) is 4.45. The van der Waals surface area contributed by atoms with Gasteiger partial charge in [-0.25, -0.2) is 14.2 Å². The first-order valence-corrected chi connectivity index (χ1v) is 11.5. The van der Waals surface area contributed by atoms with E-state index in [1.54, 1.807) is 0 Å². The molecule has 2 heterocycles. The van der Waals surface area contributed by atoms with E-state index >= 15 is 0 Å². The van der Waals surface area contributed by atoms with Gasteiger partial charge < -0.3 is 20.1 Å². The summed E-state index contributed by atoms with van der Waals surface area (Å²) in [6.07, 6.45) is 3.20. The molecule has 2 amide bonds. The van der Waals surface area contributed by atoms with Gasteiger partial charge >= 0.3 is 6.03 Å². The molecule has 2 N–H and O–H groups in total. The molecule has 4 rings (SSSR count). The minimum Gasteiger partial charge on any atom is -0.338 e. The van der Waals surface area contributed by atoms with Gasteiger partial charge in [0.25, 0.3) is 0 Å². The summed E-state index contributed by atoms with van der Waals surface area (Å²) >= 11 is 0. The lowest BCUT2D eigenvalue weighted by Gasteiger charge is -2.32. The number of rotatable bonds is 8. The molecule has 0 aliphatic carbocycles. The maximum absolute atomic E-state index is 13.3. The molecule has 32 heavy (non-hydrogen) atoms. The normalized spacial score (nSPS) is 15.2. The fraction of sp³-hybridized carbons (Fsp3) is 0.440. The zero-order valence-corrected chi connectivity index (χ0v) is 18.7. The third kappa shape index (κ3) is 5.65. The highest BCUT2D eigenvalue weighted by molar-refractivity contribution is 5.76. The number of carbonyl (C=O) groups is 1. The molecule has 0 radical (unpaired) electrons. The number of hydrogen-bond donors (Lipinski definition) is 2. The van der Waals surface area contributed by atoms with E-state index in [9.17, 15) is 9.18 Å². The highest BCUT2D eigenvalue weighted by atomic mass is 19.1. The number of nitrogens with one attached hydrogen (secondary N) is 2. The largest absolute Gasteiger partial charge is 0.338 e. The van der Waals surface area contributed by atoms with Crippen molar-refractivity contribution in [1.29, 1.82) is 0 Å². The topological polar surface area (TPSA) is 62.2 Å². The Morgan fingerprint density at radius 2 is 1.84 bits per heavy atom. The van der Waals surface area contributed by atoms with E-state index in [1.807, 2.05) is 31.2 Å². The highest BCUT2D eigenvalue weighted by Gasteiger charge is 2.22. The molecule has 7 heteroatoms. The number of fused-ring (bicyclic) bond motifs is 1. The molecule has 1 aromatic heterocycles. The van der Waals surface area contributed by atoms with Crippen molar-refractivity contribution in [3.05, 3.63) is 65.7 Å². The smallest absolute Gasteiger partial charge is 0.314 e. The summed E-state index contributed by atoms with van der Waals surface area (Å²) < 4.78 is 15.6. The first kappa shape index (κ1) is 22.3. The van der Waals surface area contributed by atoms with Gasteiger partial charge in [0, 0.05) is 32.6 Å². The second-order valence-electron chi connectivity index (χ2n) is 8.50. The minimum absolute atomic E-state index is 0.0950. The van der Waals surface area contributed by atoms with E-state index < -0.39 is 0 Å². The molecule has 1 aliphatic heterocycles. The third-order valence-corrected chi connectivity index (χ3v) is 6.22. The van der Waals surface area contributed by atoms with Crippen molar-refractivity contribution >= 4 is 17.1 Å². The lowest BCUT2D eigenvalue weighted by molar-refractivity contribution is 0.182. The van der Waals surface area contributed by atoms with Crippen molar-refractivity contribution in [3.63, 3.8) is 0 Å². The summed E-state index contributed by atoms with van der Waals surface area (Å²) in [6.45, 7) is 6.89. The predicted molar refractivity (Wildman–Crippen MR) is 125 cm³/mol. The predicted octanol–water partition coefficient (Wildman–Crippen LogP) is 3.80. The average Bonchev–Trinajstić information content (AvgIpc) is 3.13. The Kier molecular flexibility index (Phi) is 7.37. The molecule has 6 nitrogen and oxygen atoms in total. The summed E-state index contributed by atoms with van der Waals surface area (Å²) in [5.74, 6) is 1.48. The molecule has 0 spiro atoms. The van der Waals surface area contributed by atoms with E-state index in [0.29, 0.717) is 25.6 Å². The lowest BCUT2D eigenvalue weighted by Crippen LogP contribution is -2.42. The summed E-state index contributed by atoms with van der Waals surface area (Å²) in [7, 11) is 0. The van der Waals surface area contributed by atoms with Crippen LogP contribution >= 0.6 is 0 Å². The minimum atomic E-state index is -0.211. The van der Waals surface area contributed by atoms with Gasteiger partial charge in [-0.05, 0) is 68.6 Å². The zero-order chi connectivity index (χ0) is 22.3. The third-order valence-electron chi connectivity index (χ3n) is 6.22. The Balaban J connectivity index is 1.37. The van der Waals surface area contributed by atoms with Crippen molar-refractivity contribution in [2.24, 2.45) is 5.92 Å². The van der Waals surface area contributed by atoms with Gasteiger partial charge in [0.05, 0.1) is 11.0 Å². The molecule has 0 saturated carbocycles. The van der Waals surface area contributed by atoms with E-state index in [0.717, 1.165) is 61.3 Å². The van der Waals surface area contributed by atoms with Gasteiger partial charge in [0.1, 0.15) is 11.6 Å². The molecular weight excluding hydrogens is 405 g/mol. The number of halogens is 1. The van der Waals surface area contributed by atoms with E-state index in [2.05, 4.69) is 32.2 Å². The van der Waals surface area contributed by atoms with Crippen molar-refractivity contribution in [2.75, 3.05) is 32.7 Å². The second kappa shape index (κ2) is 10.6. The monoisotopic (exact) mass is 437 g/mol. The molecular formula is C25H32FN5O. The number of nitrogens with zero attached hydrogens (tertiary/aromatic N) is 3. The highest BCUT2D eigenvalue weighted by Crippen LogP contribution is 2.25. The van der Waals surface area contributed by atoms with Gasteiger partial charge in [0.15, 0.2) is 0 Å². The molecule has 1 fully saturated rings. The molecule has 0 unspecified atom stereocenters. The summed E-state index contributed by atoms with van der Waals surface area (Å²) in [5.41, 5.74) is 3.21. The number of para-hydroxylation sites is 2. The Labute approximate surface area is 188 Å². The number of benzene rings is 2. The van der Waals surface area contributed by atoms with Gasteiger partial charge in [-0.2, -0.15) is 0 Å². The van der Waals surface area contributed by atoms with Crippen LogP contribution in [0.3, 0.4) is 0 Å². The molecule has 3 aromatic rings. The van der Waals surface area contributed by atoms with Gasteiger partial charge in [-0.15, -0.1) is 0 Å². The van der Waals surface area contributed by atoms with Crippen LogP contribution in [0.1, 0.15) is 31.2 Å². The van der Waals surface area contributed by atoms with E-state index in [1.165, 1.54) is 12.1 Å². The molecule has 170 valence electrons. The lowest BCUT2D eigenvalue weighted by atomic mass is 9.93. The quantitative estimate of drug-likeness (QED) is 0.564. The number of amides is 2. The standard InChI is InChI=1S/C25H32FN5O/c1-2-27-25(32)28-13-16-30-14-11-19(12-15-30)17-24-29-22-5-3-4-6-23(22)31(24)18-20-7-9-21(26)10-8-20/h3-10,19H,2,11-18H2,1H3,(H2,27,28,32). The Hall–Kier alpha value is -2.93. The molecule has 0 atom stereocenters. The second-order valence-corrected chi connectivity index (χ2v) is 8.50. The Morgan fingerprint density at radius 1 is 1.09 bits per heavy atom. The van der Waals surface area contributed by atoms with Gasteiger partial charge in [0.2, 0.25) is 0 Å². The van der Waals surface area contributed by atoms with Crippen molar-refractivity contribution < 1.29 is 9.18 Å². The summed E-state index contributed by atoms with van der Waals surface area (Å²) in [4.78, 5) is 18.9. The number of piperidine rings is 1. The maximum Gasteiger partial charge on any atom is 0.314 e. The number of carbonyl (C=O) groups excluding carboxylic acids is 1. The van der Waals surface area contributed by atoms with Crippen LogP contribution in [0.25, 0.3) is 11.0 Å². The van der Waals surface area contributed by atoms with E-state index in [-0.39, 0.29) is 11.8 Å². The van der Waals surface area contributed by atoms with Crippen molar-refractivity contribution in [2.45, 2.75) is 32.7 Å². The van der Waals surface area contributed by atoms with Crippen LogP contribution in [0.4, 0.5) is 9.18 Å². The van der Waals surface area contributed by atoms with Crippen LogP contribution in [0, 0.1) is 11.7 Å². The van der Waals surface area contributed by atoms with Crippen molar-refractivity contribution in [3.8, 4) is 0 Å². The molecule has 1 aliphatic rings. The first-order valence-electron chi connectivity index (χ1n) is 11.5. The number of urea groups is 1. The van der Waals surface area contributed by atoms with Crippen LogP contribution in [0.5, 0.6) is 0 Å². The number of likely N-dealkylation sites (tertiary alicyclic amines) is 1. The van der Waals surface area contributed by atoms with Crippen LogP contribution in [0.15, 0.2) is 48.5 Å². The molecule has 0 bridgehead atoms. The average molecular weight is 438 g/mol. The van der Waals surface area contributed by atoms with Gasteiger partial charge in [-0.3, -0.25) is 0 Å². The Morgan fingerprint density at radius 3 is 2.59 bits per heavy atom. The first-order chi connectivity index (χ1) is 15.6. The van der Waals surface area contributed by atoms with Crippen LogP contribution < -0.4 is 10.6 Å². The van der Waals surface area contributed by atoms with Gasteiger partial charge in [-0.1, -0.05) is 24.3 Å². The summed E-state index contributed by atoms with van der Waals surface area (Å²) in [6, 6.07) is 14.9. The molecule has 1 saturated heterocycles. The molecule has 2 aromatic carbocycles. The van der Waals surface area contributed by atoms with E-state index in [4.69, 9.17) is 4.98 Å². The van der Waals surface area contributed by atoms with Crippen LogP contribution in [-0.4, -0.2) is 53.2 Å². The number of aromatic nitrogens is 2. The number of hydrogen-bond acceptors (Lipinski definition) is 3. The van der Waals surface area contributed by atoms with Crippen molar-refractivity contribution in [1.82, 2.24) is 25.1 Å². The fourth-order valence-electron chi connectivity index (χ4n) is 4.45. The Bertz CT molecular complexity index is 1020. The number of imidazole rings is 1. The maximum atomic E-state index is 13.3. The zero-order valence-electron chi connectivity index (χ0n) is 18.7.